The quantitative estimate of drug-likeness (QED) is 0.584. The van der Waals surface area contributed by atoms with Crippen LogP contribution in [0.2, 0.25) is 5.02 Å². The van der Waals surface area contributed by atoms with Crippen molar-refractivity contribution in [2.45, 2.75) is 13.8 Å². The standard InChI is InChI=1S/C21H21BrClN3O3/c1-4-29-19(27)21(2)13-26(24-18(21)14-5-9-16(23)10-6-14)20(28)25(3)17-11-7-15(22)8-12-17/h5-12H,4,13H2,1-3H3. The zero-order chi connectivity index (χ0) is 21.2. The number of esters is 1. The molecule has 0 fully saturated rings. The molecule has 1 heterocycles. The van der Waals surface area contributed by atoms with Crippen LogP contribution < -0.4 is 4.90 Å². The molecule has 1 aliphatic rings. The lowest BCUT2D eigenvalue weighted by Crippen LogP contribution is -2.44. The van der Waals surface area contributed by atoms with Crippen molar-refractivity contribution in [1.82, 2.24) is 5.01 Å². The molecule has 0 saturated heterocycles. The first-order valence-corrected chi connectivity index (χ1v) is 10.3. The number of anilines is 1. The molecule has 2 aromatic rings. The second-order valence-electron chi connectivity index (χ2n) is 6.88. The molecule has 1 unspecified atom stereocenters. The van der Waals surface area contributed by atoms with Crippen LogP contribution in [0.25, 0.3) is 0 Å². The summed E-state index contributed by atoms with van der Waals surface area (Å²) in [6, 6.07) is 14.0. The van der Waals surface area contributed by atoms with Gasteiger partial charge in [-0.25, -0.2) is 9.80 Å². The van der Waals surface area contributed by atoms with E-state index in [4.69, 9.17) is 16.3 Å². The Morgan fingerprint density at radius 1 is 1.21 bits per heavy atom. The molecule has 6 nitrogen and oxygen atoms in total. The van der Waals surface area contributed by atoms with E-state index in [0.29, 0.717) is 22.0 Å². The summed E-state index contributed by atoms with van der Waals surface area (Å²) in [6.07, 6.45) is 0. The van der Waals surface area contributed by atoms with Gasteiger partial charge in [0, 0.05) is 22.2 Å². The molecule has 0 aromatic heterocycles. The molecule has 0 bridgehead atoms. The lowest BCUT2D eigenvalue weighted by molar-refractivity contribution is -0.150. The monoisotopic (exact) mass is 477 g/mol. The Kier molecular flexibility index (Phi) is 6.29. The summed E-state index contributed by atoms with van der Waals surface area (Å²) in [5.41, 5.74) is 0.822. The second kappa shape index (κ2) is 8.55. The highest BCUT2D eigenvalue weighted by Crippen LogP contribution is 2.34. The van der Waals surface area contributed by atoms with Gasteiger partial charge in [0.15, 0.2) is 0 Å². The molecule has 3 rings (SSSR count). The Bertz CT molecular complexity index is 947. The summed E-state index contributed by atoms with van der Waals surface area (Å²) in [6.45, 7) is 3.82. The van der Waals surface area contributed by atoms with Gasteiger partial charge >= 0.3 is 12.0 Å². The summed E-state index contributed by atoms with van der Waals surface area (Å²) >= 11 is 9.38. The van der Waals surface area contributed by atoms with Crippen molar-refractivity contribution >= 4 is 50.9 Å². The maximum atomic E-state index is 13.1. The van der Waals surface area contributed by atoms with Crippen LogP contribution in [0.4, 0.5) is 10.5 Å². The topological polar surface area (TPSA) is 62.2 Å². The molecule has 0 radical (unpaired) electrons. The minimum atomic E-state index is -1.08. The highest BCUT2D eigenvalue weighted by Gasteiger charge is 2.49. The van der Waals surface area contributed by atoms with E-state index in [1.165, 1.54) is 9.91 Å². The van der Waals surface area contributed by atoms with Crippen molar-refractivity contribution in [3.05, 3.63) is 63.6 Å². The molecule has 1 aliphatic heterocycles. The van der Waals surface area contributed by atoms with Crippen molar-refractivity contribution in [1.29, 1.82) is 0 Å². The maximum absolute atomic E-state index is 13.1. The van der Waals surface area contributed by atoms with Crippen molar-refractivity contribution in [2.75, 3.05) is 25.1 Å². The molecule has 1 atom stereocenters. The number of carbonyl (C=O) groups excluding carboxylic acids is 2. The molecule has 0 spiro atoms. The van der Waals surface area contributed by atoms with Crippen molar-refractivity contribution in [3.8, 4) is 0 Å². The van der Waals surface area contributed by atoms with Gasteiger partial charge in [-0.3, -0.25) is 9.69 Å². The van der Waals surface area contributed by atoms with Crippen molar-refractivity contribution in [3.63, 3.8) is 0 Å². The first-order valence-electron chi connectivity index (χ1n) is 9.09. The molecule has 152 valence electrons. The van der Waals surface area contributed by atoms with Crippen LogP contribution in [0, 0.1) is 5.41 Å². The number of urea groups is 1. The zero-order valence-electron chi connectivity index (χ0n) is 16.4. The van der Waals surface area contributed by atoms with E-state index in [1.54, 1.807) is 45.2 Å². The van der Waals surface area contributed by atoms with E-state index in [9.17, 15) is 9.59 Å². The number of amides is 2. The van der Waals surface area contributed by atoms with E-state index in [1.807, 2.05) is 24.3 Å². The molecular formula is C21H21BrClN3O3. The first-order chi connectivity index (χ1) is 13.8. The smallest absolute Gasteiger partial charge is 0.344 e. The zero-order valence-corrected chi connectivity index (χ0v) is 18.7. The lowest BCUT2D eigenvalue weighted by atomic mass is 9.82. The lowest BCUT2D eigenvalue weighted by Gasteiger charge is -2.26. The van der Waals surface area contributed by atoms with Gasteiger partial charge in [0.1, 0.15) is 5.41 Å². The third-order valence-electron chi connectivity index (χ3n) is 4.77. The Morgan fingerprint density at radius 3 is 2.41 bits per heavy atom. The second-order valence-corrected chi connectivity index (χ2v) is 8.24. The Labute approximate surface area is 183 Å². The summed E-state index contributed by atoms with van der Waals surface area (Å²) < 4.78 is 6.21. The van der Waals surface area contributed by atoms with Gasteiger partial charge in [0.05, 0.1) is 18.9 Å². The average Bonchev–Trinajstić information content (AvgIpc) is 3.07. The van der Waals surface area contributed by atoms with E-state index in [2.05, 4.69) is 21.0 Å². The molecule has 2 amide bonds. The van der Waals surface area contributed by atoms with Crippen LogP contribution in [-0.4, -0.2) is 42.9 Å². The van der Waals surface area contributed by atoms with Crippen LogP contribution in [0.3, 0.4) is 0 Å². The molecular weight excluding hydrogens is 458 g/mol. The largest absolute Gasteiger partial charge is 0.465 e. The van der Waals surface area contributed by atoms with Gasteiger partial charge in [-0.15, -0.1) is 0 Å². The fraction of sp³-hybridized carbons (Fsp3) is 0.286. The van der Waals surface area contributed by atoms with Crippen LogP contribution in [0.1, 0.15) is 19.4 Å². The molecule has 0 N–H and O–H groups in total. The Balaban J connectivity index is 1.95. The molecule has 0 saturated carbocycles. The SMILES string of the molecule is CCOC(=O)C1(C)CN(C(=O)N(C)c2ccc(Br)cc2)N=C1c1ccc(Cl)cc1. The first kappa shape index (κ1) is 21.3. The van der Waals surface area contributed by atoms with E-state index >= 15 is 0 Å². The normalized spacial score (nSPS) is 18.4. The number of hydrogen-bond acceptors (Lipinski definition) is 4. The predicted molar refractivity (Wildman–Crippen MR) is 117 cm³/mol. The molecule has 0 aliphatic carbocycles. The van der Waals surface area contributed by atoms with Gasteiger partial charge in [-0.1, -0.05) is 39.7 Å². The number of hydrogen-bond donors (Lipinski definition) is 0. The third-order valence-corrected chi connectivity index (χ3v) is 5.56. The Morgan fingerprint density at radius 2 is 1.83 bits per heavy atom. The van der Waals surface area contributed by atoms with E-state index < -0.39 is 11.4 Å². The highest BCUT2D eigenvalue weighted by atomic mass is 79.9. The van der Waals surface area contributed by atoms with Crippen LogP contribution in [-0.2, 0) is 9.53 Å². The van der Waals surface area contributed by atoms with Gasteiger partial charge in [-0.05, 0) is 55.8 Å². The van der Waals surface area contributed by atoms with Gasteiger partial charge in [0.2, 0.25) is 0 Å². The number of nitrogens with zero attached hydrogens (tertiary/aromatic N) is 3. The maximum Gasteiger partial charge on any atom is 0.344 e. The van der Waals surface area contributed by atoms with Gasteiger partial charge in [0.25, 0.3) is 0 Å². The number of halogens is 2. The number of rotatable bonds is 4. The molecule has 8 heteroatoms. The average molecular weight is 479 g/mol. The van der Waals surface area contributed by atoms with Crippen molar-refractivity contribution in [2.24, 2.45) is 10.5 Å². The van der Waals surface area contributed by atoms with Crippen LogP contribution in [0.5, 0.6) is 0 Å². The predicted octanol–water partition coefficient (Wildman–Crippen LogP) is 4.95. The fourth-order valence-corrected chi connectivity index (χ4v) is 3.53. The highest BCUT2D eigenvalue weighted by molar-refractivity contribution is 9.10. The number of benzene rings is 2. The summed E-state index contributed by atoms with van der Waals surface area (Å²) in [7, 11) is 1.67. The summed E-state index contributed by atoms with van der Waals surface area (Å²) in [5, 5.41) is 6.40. The number of hydrazone groups is 1. The third kappa shape index (κ3) is 4.31. The summed E-state index contributed by atoms with van der Waals surface area (Å²) in [5.74, 6) is -0.421. The minimum absolute atomic E-state index is 0.0868. The van der Waals surface area contributed by atoms with Crippen molar-refractivity contribution < 1.29 is 14.3 Å². The van der Waals surface area contributed by atoms with Crippen LogP contribution >= 0.6 is 27.5 Å². The van der Waals surface area contributed by atoms with E-state index in [-0.39, 0.29) is 19.2 Å². The van der Waals surface area contributed by atoms with Gasteiger partial charge < -0.3 is 4.74 Å². The van der Waals surface area contributed by atoms with Crippen LogP contribution in [0.15, 0.2) is 58.1 Å². The van der Waals surface area contributed by atoms with Gasteiger partial charge in [-0.2, -0.15) is 5.10 Å². The van der Waals surface area contributed by atoms with E-state index in [0.717, 1.165) is 4.47 Å². The summed E-state index contributed by atoms with van der Waals surface area (Å²) in [4.78, 5) is 27.4. The minimum Gasteiger partial charge on any atom is -0.465 e. The fourth-order valence-electron chi connectivity index (χ4n) is 3.14. The Hall–Kier alpha value is -2.38. The molecule has 2 aromatic carbocycles. The number of carbonyl (C=O) groups is 2. The molecule has 29 heavy (non-hydrogen) atoms. The number of ether oxygens (including phenoxy) is 1.